The zero-order valence-corrected chi connectivity index (χ0v) is 39.3. The quantitative estimate of drug-likeness (QED) is 0.0334. The van der Waals surface area contributed by atoms with E-state index < -0.39 is 47.2 Å². The van der Waals surface area contributed by atoms with Gasteiger partial charge in [0.2, 0.25) is 0 Å². The van der Waals surface area contributed by atoms with Crippen molar-refractivity contribution in [3.63, 3.8) is 0 Å². The maximum Gasteiger partial charge on any atom is 1.00 e. The monoisotopic (exact) mass is 867 g/mol. The molecule has 255 valence electrons. The number of benzene rings is 4. The zero-order valence-electron chi connectivity index (χ0n) is 27.1. The fourth-order valence-electron chi connectivity index (χ4n) is 3.98. The molecule has 0 fully saturated rings. The number of hydrogen-bond acceptors (Lipinski definition) is 20. The smallest absolute Gasteiger partial charge is 0.744 e. The van der Waals surface area contributed by atoms with Crippen LogP contribution in [0.15, 0.2) is 88.6 Å². The van der Waals surface area contributed by atoms with E-state index in [0.29, 0.717) is 17.6 Å². The van der Waals surface area contributed by atoms with E-state index in [-0.39, 0.29) is 191 Å². The fraction of sp³-hybridized carbons (Fsp3) is 0.0833. The molecule has 27 heteroatoms. The SMILES string of the molecule is Cc1cc(N=Nc2c(SOO[O-])cc3c(S(=O)(=O)[O-])cc(N=Nc4ccc(S(=O)(=O)[O-])cc4)c(C)c3c2O)c(O)c(SOO[O-])c1.[Cu].[Na+].[Na+].[Na+].[Na+]. The Morgan fingerprint density at radius 1 is 0.686 bits per heavy atom. The summed E-state index contributed by atoms with van der Waals surface area (Å²) in [7, 11) is -9.99. The first-order valence-electron chi connectivity index (χ1n) is 11.9. The molecule has 0 bridgehead atoms. The maximum absolute atomic E-state index is 12.3. The summed E-state index contributed by atoms with van der Waals surface area (Å²) in [5, 5.41) is 64.4. The molecular weight excluding hydrogens is 852 g/mol. The van der Waals surface area contributed by atoms with Crippen LogP contribution in [0.2, 0.25) is 0 Å². The van der Waals surface area contributed by atoms with Crippen molar-refractivity contribution < 1.29 is 201 Å². The van der Waals surface area contributed by atoms with E-state index in [9.17, 15) is 46.7 Å². The molecule has 51 heavy (non-hydrogen) atoms. The van der Waals surface area contributed by atoms with Crippen molar-refractivity contribution in [2.75, 3.05) is 0 Å². The van der Waals surface area contributed by atoms with Crippen molar-refractivity contribution in [3.8, 4) is 11.5 Å². The molecular formula is C24H16CuN4Na4O14S4. The molecule has 0 saturated heterocycles. The Morgan fingerprint density at radius 2 is 1.24 bits per heavy atom. The minimum atomic E-state index is -5.26. The number of aromatic hydroxyl groups is 2. The minimum absolute atomic E-state index is 0. The van der Waals surface area contributed by atoms with Gasteiger partial charge in [-0.3, -0.25) is 10.1 Å². The summed E-state index contributed by atoms with van der Waals surface area (Å²) >= 11 is 0.553. The van der Waals surface area contributed by atoms with Crippen LogP contribution >= 0.6 is 24.1 Å². The van der Waals surface area contributed by atoms with Crippen LogP contribution in [0.1, 0.15) is 11.1 Å². The predicted octanol–water partition coefficient (Wildman–Crippen LogP) is -8.02. The predicted molar refractivity (Wildman–Crippen MR) is 150 cm³/mol. The molecule has 0 unspecified atom stereocenters. The molecule has 0 saturated carbocycles. The third-order valence-electron chi connectivity index (χ3n) is 5.96. The largest absolute Gasteiger partial charge is 1.00 e. The Hall–Kier alpha value is 0.739. The number of aryl methyl sites for hydroxylation is 2. The molecule has 0 aliphatic carbocycles. The number of phenolic OH excluding ortho intramolecular Hbond substituents is 2. The summed E-state index contributed by atoms with van der Waals surface area (Å²) in [5.41, 5.74) is -0.219. The average molecular weight is 868 g/mol. The van der Waals surface area contributed by atoms with E-state index in [2.05, 4.69) is 39.2 Å². The molecule has 0 heterocycles. The van der Waals surface area contributed by atoms with Gasteiger partial charge >= 0.3 is 118 Å². The van der Waals surface area contributed by atoms with Gasteiger partial charge in [0.15, 0.2) is 11.5 Å². The van der Waals surface area contributed by atoms with Gasteiger partial charge in [0.25, 0.3) is 0 Å². The summed E-state index contributed by atoms with van der Waals surface area (Å²) < 4.78 is 79.0. The van der Waals surface area contributed by atoms with E-state index in [1.54, 1.807) is 6.92 Å². The summed E-state index contributed by atoms with van der Waals surface area (Å²) in [4.78, 5) is -1.65. The molecule has 4 aromatic rings. The van der Waals surface area contributed by atoms with Gasteiger partial charge < -0.3 is 29.8 Å². The molecule has 0 amide bonds. The van der Waals surface area contributed by atoms with Crippen LogP contribution in [0.4, 0.5) is 22.7 Å². The van der Waals surface area contributed by atoms with Crippen LogP contribution < -0.4 is 129 Å². The van der Waals surface area contributed by atoms with Gasteiger partial charge in [0, 0.05) is 27.8 Å². The van der Waals surface area contributed by atoms with Crippen LogP contribution in [0, 0.1) is 13.8 Å². The van der Waals surface area contributed by atoms with Crippen molar-refractivity contribution in [1.29, 1.82) is 0 Å². The Labute approximate surface area is 397 Å². The van der Waals surface area contributed by atoms with Crippen LogP contribution in [0.25, 0.3) is 10.8 Å². The van der Waals surface area contributed by atoms with E-state index in [1.165, 1.54) is 19.1 Å². The van der Waals surface area contributed by atoms with Crippen LogP contribution in [0.5, 0.6) is 11.5 Å². The molecule has 1 radical (unpaired) electrons. The molecule has 0 aliphatic heterocycles. The van der Waals surface area contributed by atoms with E-state index >= 15 is 0 Å². The van der Waals surface area contributed by atoms with Gasteiger partial charge in [-0.2, -0.15) is 18.9 Å². The second kappa shape index (κ2) is 23.7. The van der Waals surface area contributed by atoms with Gasteiger partial charge in [-0.05, 0) is 73.5 Å². The Kier molecular flexibility index (Phi) is 25.0. The van der Waals surface area contributed by atoms with Gasteiger partial charge in [0.05, 0.1) is 55.0 Å². The summed E-state index contributed by atoms with van der Waals surface area (Å²) in [6.07, 6.45) is 0. The van der Waals surface area contributed by atoms with Crippen molar-refractivity contribution in [2.45, 2.75) is 33.4 Å². The van der Waals surface area contributed by atoms with Crippen LogP contribution in [-0.2, 0) is 56.0 Å². The third-order valence-corrected chi connectivity index (χ3v) is 8.91. The van der Waals surface area contributed by atoms with E-state index in [1.807, 2.05) is 0 Å². The van der Waals surface area contributed by atoms with E-state index in [4.69, 9.17) is 0 Å². The Bertz CT molecular complexity index is 2100. The van der Waals surface area contributed by atoms with Crippen molar-refractivity contribution in [1.82, 2.24) is 0 Å². The van der Waals surface area contributed by atoms with Crippen LogP contribution in [-0.4, -0.2) is 36.2 Å². The van der Waals surface area contributed by atoms with E-state index in [0.717, 1.165) is 36.4 Å². The molecule has 4 aromatic carbocycles. The molecule has 4 rings (SSSR count). The normalized spacial score (nSPS) is 11.3. The molecule has 0 atom stereocenters. The van der Waals surface area contributed by atoms with Gasteiger partial charge in [-0.15, -0.1) is 10.2 Å². The zero-order chi connectivity index (χ0) is 33.8. The first kappa shape index (κ1) is 53.8. The Morgan fingerprint density at radius 3 is 1.76 bits per heavy atom. The average Bonchev–Trinajstić information content (AvgIpc) is 2.98. The number of hydrogen-bond donors (Lipinski definition) is 2. The summed E-state index contributed by atoms with van der Waals surface area (Å²) in [6, 6.07) is 8.97. The summed E-state index contributed by atoms with van der Waals surface area (Å²) in [6.45, 7) is 3.00. The summed E-state index contributed by atoms with van der Waals surface area (Å²) in [5.74, 6) is -1.28. The van der Waals surface area contributed by atoms with Gasteiger partial charge in [-0.25, -0.2) is 16.8 Å². The second-order valence-corrected chi connectivity index (χ2v) is 13.1. The minimum Gasteiger partial charge on any atom is -0.744 e. The van der Waals surface area contributed by atoms with Crippen molar-refractivity contribution in [2.24, 2.45) is 20.5 Å². The molecule has 0 aromatic heterocycles. The standard InChI is InChI=1S/C24H20N4O14S4.Cu.4Na/c1-11-7-17(23(29)19(8-11)44-42-40-32)27-28-22-18(43-41-39-31)9-15-20(46(36,37)38)10-16(12(2)21(15)24(22)30)26-25-13-3-5-14(6-4-13)45(33,34)35;;;;;/h3-10,29-32H,1-2H3,(H,33,34,35)(H,36,37,38);;;;;/q;;4*+1/p-4. The van der Waals surface area contributed by atoms with Crippen molar-refractivity contribution in [3.05, 3.63) is 59.7 Å². The first-order chi connectivity index (χ1) is 21.6. The Balaban J connectivity index is 0. The topological polar surface area (TPSA) is 287 Å². The number of nitrogens with zero attached hydrogens (tertiary/aromatic N) is 4. The molecule has 0 aliphatic rings. The third kappa shape index (κ3) is 14.0. The maximum atomic E-state index is 12.3. The molecule has 0 spiro atoms. The second-order valence-electron chi connectivity index (χ2n) is 8.89. The molecule has 18 nitrogen and oxygen atoms in total. The molecule has 2 N–H and O–H groups in total. The number of fused-ring (bicyclic) bond motifs is 1. The van der Waals surface area contributed by atoms with Crippen LogP contribution in [0.3, 0.4) is 0 Å². The number of azo groups is 2. The number of phenols is 2. The fourth-order valence-corrected chi connectivity index (χ4v) is 6.14. The van der Waals surface area contributed by atoms with Gasteiger partial charge in [0.1, 0.15) is 31.6 Å². The first-order valence-corrected chi connectivity index (χ1v) is 16.2. The van der Waals surface area contributed by atoms with Gasteiger partial charge in [-0.1, -0.05) is 0 Å². The van der Waals surface area contributed by atoms with Crippen molar-refractivity contribution >= 4 is 77.8 Å². The number of rotatable bonds is 12.